The number of nitrogens with one attached hydrogen (secondary N) is 2. The molecule has 1 heterocycles. The Morgan fingerprint density at radius 3 is 2.73 bits per heavy atom. The van der Waals surface area contributed by atoms with Gasteiger partial charge in [0, 0.05) is 11.1 Å². The number of anilines is 3. The summed E-state index contributed by atoms with van der Waals surface area (Å²) < 4.78 is 18.4. The lowest BCUT2D eigenvalue weighted by Crippen LogP contribution is -2.15. The average Bonchev–Trinajstić information content (AvgIpc) is 3.05. The Morgan fingerprint density at radius 1 is 1.19 bits per heavy atom. The van der Waals surface area contributed by atoms with Crippen molar-refractivity contribution in [3.63, 3.8) is 0 Å². The first kappa shape index (κ1) is 17.9. The van der Waals surface area contributed by atoms with Crippen LogP contribution in [0.4, 0.5) is 20.9 Å². The topological polar surface area (TPSA) is 63.2 Å². The molecule has 0 spiro atoms. The normalized spacial score (nSPS) is 10.4. The van der Waals surface area contributed by atoms with Crippen LogP contribution in [0.1, 0.15) is 12.6 Å². The molecule has 0 saturated carbocycles. The molecule has 0 saturated heterocycles. The predicted octanol–water partition coefficient (Wildman–Crippen LogP) is 4.61. The molecule has 0 unspecified atom stereocenters. The summed E-state index contributed by atoms with van der Waals surface area (Å²) in [6.45, 7) is 2.42. The molecule has 2 N–H and O–H groups in total. The van der Waals surface area contributed by atoms with E-state index in [-0.39, 0.29) is 18.1 Å². The second-order valence-electron chi connectivity index (χ2n) is 5.43. The molecule has 134 valence electrons. The third-order valence-corrected chi connectivity index (χ3v) is 4.26. The number of hydrogen-bond acceptors (Lipinski definition) is 5. The van der Waals surface area contributed by atoms with Gasteiger partial charge in [0.15, 0.2) is 5.13 Å². The van der Waals surface area contributed by atoms with Gasteiger partial charge in [-0.25, -0.2) is 9.37 Å². The number of halogens is 1. The number of para-hydroxylation sites is 2. The molecule has 2 aromatic carbocycles. The van der Waals surface area contributed by atoms with Crippen molar-refractivity contribution in [3.8, 4) is 5.75 Å². The molecule has 3 rings (SSSR count). The van der Waals surface area contributed by atoms with Crippen molar-refractivity contribution in [2.24, 2.45) is 0 Å². The van der Waals surface area contributed by atoms with Crippen molar-refractivity contribution in [3.05, 3.63) is 65.4 Å². The van der Waals surface area contributed by atoms with Crippen molar-refractivity contribution in [2.75, 3.05) is 17.2 Å². The van der Waals surface area contributed by atoms with Gasteiger partial charge in [0.2, 0.25) is 5.91 Å². The second kappa shape index (κ2) is 8.44. The standard InChI is InChI=1S/C19H18FN3O2S/c1-2-25-17-6-4-3-5-16(17)23-18(24)11-15-12-26-19(22-15)21-14-9-7-13(20)8-10-14/h3-10,12H,2,11H2,1H3,(H,21,22)(H,23,24). The molecule has 1 amide bonds. The first-order chi connectivity index (χ1) is 12.6. The highest BCUT2D eigenvalue weighted by molar-refractivity contribution is 7.13. The summed E-state index contributed by atoms with van der Waals surface area (Å²) in [5.74, 6) is 0.176. The van der Waals surface area contributed by atoms with Crippen LogP contribution in [0.3, 0.4) is 0 Å². The predicted molar refractivity (Wildman–Crippen MR) is 102 cm³/mol. The zero-order valence-corrected chi connectivity index (χ0v) is 15.0. The third-order valence-electron chi connectivity index (χ3n) is 3.45. The summed E-state index contributed by atoms with van der Waals surface area (Å²) in [6.07, 6.45) is 0.155. The molecule has 1 aromatic heterocycles. The summed E-state index contributed by atoms with van der Waals surface area (Å²) >= 11 is 1.39. The molecule has 7 heteroatoms. The van der Waals surface area contributed by atoms with E-state index in [1.54, 1.807) is 18.2 Å². The molecule has 0 bridgehead atoms. The lowest BCUT2D eigenvalue weighted by atomic mass is 10.2. The Hall–Kier alpha value is -2.93. The highest BCUT2D eigenvalue weighted by Crippen LogP contribution is 2.25. The van der Waals surface area contributed by atoms with Gasteiger partial charge in [-0.15, -0.1) is 11.3 Å². The maximum atomic E-state index is 12.9. The molecular formula is C19H18FN3O2S. The fourth-order valence-electron chi connectivity index (χ4n) is 2.31. The molecule has 26 heavy (non-hydrogen) atoms. The number of rotatable bonds is 7. The van der Waals surface area contributed by atoms with Gasteiger partial charge in [-0.3, -0.25) is 4.79 Å². The molecule has 0 fully saturated rings. The molecule has 5 nitrogen and oxygen atoms in total. The Balaban J connectivity index is 1.60. The Morgan fingerprint density at radius 2 is 1.96 bits per heavy atom. The summed E-state index contributed by atoms with van der Waals surface area (Å²) in [4.78, 5) is 16.7. The number of thiazole rings is 1. The average molecular weight is 371 g/mol. The minimum atomic E-state index is -0.292. The molecular weight excluding hydrogens is 353 g/mol. The van der Waals surface area contributed by atoms with Crippen LogP contribution in [0.2, 0.25) is 0 Å². The van der Waals surface area contributed by atoms with Gasteiger partial charge in [-0.2, -0.15) is 0 Å². The monoisotopic (exact) mass is 371 g/mol. The van der Waals surface area contributed by atoms with Gasteiger partial charge >= 0.3 is 0 Å². The Kier molecular flexibility index (Phi) is 5.80. The lowest BCUT2D eigenvalue weighted by Gasteiger charge is -2.10. The van der Waals surface area contributed by atoms with Crippen molar-refractivity contribution in [2.45, 2.75) is 13.3 Å². The van der Waals surface area contributed by atoms with Crippen LogP contribution >= 0.6 is 11.3 Å². The van der Waals surface area contributed by atoms with E-state index >= 15 is 0 Å². The highest BCUT2D eigenvalue weighted by Gasteiger charge is 2.11. The van der Waals surface area contributed by atoms with Crippen LogP contribution in [0.5, 0.6) is 5.75 Å². The smallest absolute Gasteiger partial charge is 0.230 e. The summed E-state index contributed by atoms with van der Waals surface area (Å²) in [6, 6.07) is 13.3. The van der Waals surface area contributed by atoms with E-state index in [0.717, 1.165) is 5.69 Å². The van der Waals surface area contributed by atoms with E-state index in [4.69, 9.17) is 4.74 Å². The minimum Gasteiger partial charge on any atom is -0.492 e. The van der Waals surface area contributed by atoms with E-state index in [1.165, 1.54) is 23.5 Å². The van der Waals surface area contributed by atoms with Crippen molar-refractivity contribution in [1.29, 1.82) is 0 Å². The highest BCUT2D eigenvalue weighted by atomic mass is 32.1. The number of nitrogens with zero attached hydrogens (tertiary/aromatic N) is 1. The number of amides is 1. The maximum absolute atomic E-state index is 12.9. The van der Waals surface area contributed by atoms with Gasteiger partial charge in [-0.05, 0) is 43.3 Å². The molecule has 0 radical (unpaired) electrons. The zero-order chi connectivity index (χ0) is 18.4. The van der Waals surface area contributed by atoms with Crippen LogP contribution in [0.15, 0.2) is 53.9 Å². The summed E-state index contributed by atoms with van der Waals surface area (Å²) in [5.41, 5.74) is 2.03. The first-order valence-electron chi connectivity index (χ1n) is 8.12. The van der Waals surface area contributed by atoms with Crippen LogP contribution in [-0.4, -0.2) is 17.5 Å². The Bertz CT molecular complexity index is 881. The number of carbonyl (C=O) groups is 1. The van der Waals surface area contributed by atoms with Gasteiger partial charge in [0.05, 0.1) is 24.4 Å². The molecule has 0 aliphatic heterocycles. The molecule has 0 aliphatic rings. The lowest BCUT2D eigenvalue weighted by molar-refractivity contribution is -0.115. The number of aromatic nitrogens is 1. The maximum Gasteiger partial charge on any atom is 0.230 e. The quantitative estimate of drug-likeness (QED) is 0.637. The van der Waals surface area contributed by atoms with Gasteiger partial charge < -0.3 is 15.4 Å². The second-order valence-corrected chi connectivity index (χ2v) is 6.29. The van der Waals surface area contributed by atoms with Crippen LogP contribution < -0.4 is 15.4 Å². The van der Waals surface area contributed by atoms with Crippen molar-refractivity contribution in [1.82, 2.24) is 4.98 Å². The number of carbonyl (C=O) groups excluding carboxylic acids is 1. The number of hydrogen-bond donors (Lipinski definition) is 2. The summed E-state index contributed by atoms with van der Waals surface area (Å²) in [7, 11) is 0. The van der Waals surface area contributed by atoms with Crippen LogP contribution in [-0.2, 0) is 11.2 Å². The fourth-order valence-corrected chi connectivity index (χ4v) is 3.04. The molecule has 0 aliphatic carbocycles. The van der Waals surface area contributed by atoms with E-state index in [2.05, 4.69) is 15.6 Å². The zero-order valence-electron chi connectivity index (χ0n) is 14.2. The van der Waals surface area contributed by atoms with Gasteiger partial charge in [-0.1, -0.05) is 12.1 Å². The SMILES string of the molecule is CCOc1ccccc1NC(=O)Cc1csc(Nc2ccc(F)cc2)n1. The number of benzene rings is 2. The molecule has 3 aromatic rings. The van der Waals surface area contributed by atoms with E-state index in [1.807, 2.05) is 30.5 Å². The molecule has 0 atom stereocenters. The third kappa shape index (κ3) is 4.80. The van der Waals surface area contributed by atoms with Gasteiger partial charge in [0.25, 0.3) is 0 Å². The Labute approximate surface area is 154 Å². The summed E-state index contributed by atoms with van der Waals surface area (Å²) in [5, 5.41) is 8.40. The minimum absolute atomic E-state index is 0.155. The van der Waals surface area contributed by atoms with Crippen molar-refractivity contribution >= 4 is 33.8 Å². The van der Waals surface area contributed by atoms with E-state index in [9.17, 15) is 9.18 Å². The number of ether oxygens (including phenoxy) is 1. The van der Waals surface area contributed by atoms with Crippen molar-refractivity contribution < 1.29 is 13.9 Å². The van der Waals surface area contributed by atoms with Gasteiger partial charge in [0.1, 0.15) is 11.6 Å². The van der Waals surface area contributed by atoms with E-state index < -0.39 is 0 Å². The fraction of sp³-hybridized carbons (Fsp3) is 0.158. The largest absolute Gasteiger partial charge is 0.492 e. The van der Waals surface area contributed by atoms with Crippen LogP contribution in [0, 0.1) is 5.82 Å². The first-order valence-corrected chi connectivity index (χ1v) is 9.00. The van der Waals surface area contributed by atoms with E-state index in [0.29, 0.717) is 28.9 Å². The van der Waals surface area contributed by atoms with Crippen LogP contribution in [0.25, 0.3) is 0 Å².